The molecule has 2 rings (SSSR count). The second-order valence-corrected chi connectivity index (χ2v) is 4.51. The number of nitrogens with zero attached hydrogens (tertiary/aromatic N) is 4. The molecule has 0 spiro atoms. The molecule has 0 radical (unpaired) electrons. The van der Waals surface area contributed by atoms with E-state index in [-0.39, 0.29) is 5.91 Å². The molecule has 1 amide bonds. The van der Waals surface area contributed by atoms with Gasteiger partial charge in [-0.2, -0.15) is 17.6 Å². The lowest BCUT2D eigenvalue weighted by molar-refractivity contribution is -0.131. The molecule has 17 heavy (non-hydrogen) atoms. The molecule has 1 N–H and O–H groups in total. The van der Waals surface area contributed by atoms with Crippen LogP contribution in [-0.2, 0) is 4.79 Å². The van der Waals surface area contributed by atoms with Crippen molar-refractivity contribution in [2.24, 2.45) is 0 Å². The molecule has 1 saturated heterocycles. The Balaban J connectivity index is 1.88. The van der Waals surface area contributed by atoms with Gasteiger partial charge in [0.25, 0.3) is 0 Å². The van der Waals surface area contributed by atoms with Gasteiger partial charge in [-0.1, -0.05) is 0 Å². The zero-order valence-electron chi connectivity index (χ0n) is 9.89. The van der Waals surface area contributed by atoms with E-state index in [4.69, 9.17) is 0 Å². The number of hydrogen-bond acceptors (Lipinski definition) is 5. The number of piperazine rings is 1. The number of amides is 1. The van der Waals surface area contributed by atoms with Crippen molar-refractivity contribution in [2.75, 3.05) is 36.8 Å². The summed E-state index contributed by atoms with van der Waals surface area (Å²) in [5.41, 5.74) is 0. The summed E-state index contributed by atoms with van der Waals surface area (Å²) in [5.74, 6) is 2.34. The first-order chi connectivity index (χ1) is 8.20. The van der Waals surface area contributed by atoms with Crippen molar-refractivity contribution in [2.45, 2.75) is 13.3 Å². The van der Waals surface area contributed by atoms with Crippen LogP contribution in [0.5, 0.6) is 0 Å². The number of hydrogen-bond donors (Lipinski definition) is 2. The number of aromatic amines is 1. The Labute approximate surface area is 106 Å². The highest BCUT2D eigenvalue weighted by Gasteiger charge is 2.22. The SMILES string of the molecule is Cc1nc(N2CCN(C(=O)CCS)CC2)n[nH]1. The Bertz CT molecular complexity index is 386. The molecule has 0 saturated carbocycles. The number of nitrogens with one attached hydrogen (secondary N) is 1. The standard InChI is InChI=1S/C10H17N5OS/c1-8-11-10(13-12-8)15-5-3-14(4-6-15)9(16)2-7-17/h17H,2-7H2,1H3,(H,11,12,13). The van der Waals surface area contributed by atoms with Crippen molar-refractivity contribution < 1.29 is 4.79 Å². The minimum Gasteiger partial charge on any atom is -0.339 e. The van der Waals surface area contributed by atoms with Crippen LogP contribution in [0.25, 0.3) is 0 Å². The summed E-state index contributed by atoms with van der Waals surface area (Å²) in [6.45, 7) is 4.93. The molecule has 0 bridgehead atoms. The van der Waals surface area contributed by atoms with Crippen molar-refractivity contribution in [1.82, 2.24) is 20.1 Å². The average Bonchev–Trinajstić information content (AvgIpc) is 2.76. The molecule has 1 aromatic rings. The van der Waals surface area contributed by atoms with E-state index in [0.29, 0.717) is 12.2 Å². The van der Waals surface area contributed by atoms with Gasteiger partial charge in [0, 0.05) is 32.6 Å². The van der Waals surface area contributed by atoms with Crippen molar-refractivity contribution in [1.29, 1.82) is 0 Å². The van der Waals surface area contributed by atoms with Crippen LogP contribution in [0.1, 0.15) is 12.2 Å². The summed E-state index contributed by atoms with van der Waals surface area (Å²) in [6, 6.07) is 0. The first-order valence-electron chi connectivity index (χ1n) is 5.73. The number of aryl methyl sites for hydroxylation is 1. The third kappa shape index (κ3) is 2.91. The normalized spacial score (nSPS) is 16.4. The minimum absolute atomic E-state index is 0.186. The predicted octanol–water partition coefficient (Wildman–Crippen LogP) is 0.0816. The van der Waals surface area contributed by atoms with E-state index < -0.39 is 0 Å². The van der Waals surface area contributed by atoms with Crippen LogP contribution in [0.15, 0.2) is 0 Å². The fourth-order valence-electron chi connectivity index (χ4n) is 1.88. The van der Waals surface area contributed by atoms with Gasteiger partial charge in [-0.05, 0) is 12.7 Å². The van der Waals surface area contributed by atoms with E-state index in [9.17, 15) is 4.79 Å². The molecule has 0 aliphatic carbocycles. The van der Waals surface area contributed by atoms with Crippen LogP contribution in [0.3, 0.4) is 0 Å². The molecule has 6 nitrogen and oxygen atoms in total. The fraction of sp³-hybridized carbons (Fsp3) is 0.700. The van der Waals surface area contributed by atoms with Crippen LogP contribution >= 0.6 is 12.6 Å². The second-order valence-electron chi connectivity index (χ2n) is 4.06. The maximum absolute atomic E-state index is 11.7. The Morgan fingerprint density at radius 1 is 1.41 bits per heavy atom. The first kappa shape index (κ1) is 12.2. The third-order valence-electron chi connectivity index (χ3n) is 2.83. The number of thiol groups is 1. The highest BCUT2D eigenvalue weighted by Crippen LogP contribution is 2.11. The van der Waals surface area contributed by atoms with Crippen molar-refractivity contribution >= 4 is 24.5 Å². The molecule has 0 atom stereocenters. The lowest BCUT2D eigenvalue weighted by atomic mass is 10.3. The van der Waals surface area contributed by atoms with Crippen molar-refractivity contribution in [3.63, 3.8) is 0 Å². The van der Waals surface area contributed by atoms with E-state index in [1.807, 2.05) is 11.8 Å². The topological polar surface area (TPSA) is 65.1 Å². The molecular formula is C10H17N5OS. The lowest BCUT2D eigenvalue weighted by Crippen LogP contribution is -2.49. The quantitative estimate of drug-likeness (QED) is 0.751. The maximum atomic E-state index is 11.7. The van der Waals surface area contributed by atoms with E-state index in [0.717, 1.165) is 38.0 Å². The van der Waals surface area contributed by atoms with Crippen molar-refractivity contribution in [3.05, 3.63) is 5.82 Å². The summed E-state index contributed by atoms with van der Waals surface area (Å²) in [6.07, 6.45) is 0.517. The number of anilines is 1. The summed E-state index contributed by atoms with van der Waals surface area (Å²) in [5, 5.41) is 6.95. The zero-order chi connectivity index (χ0) is 12.3. The fourth-order valence-corrected chi connectivity index (χ4v) is 2.07. The molecule has 7 heteroatoms. The largest absolute Gasteiger partial charge is 0.339 e. The number of carbonyl (C=O) groups is 1. The smallest absolute Gasteiger partial charge is 0.244 e. The molecule has 0 aromatic carbocycles. The molecule has 0 unspecified atom stereocenters. The number of aromatic nitrogens is 3. The lowest BCUT2D eigenvalue weighted by Gasteiger charge is -2.34. The average molecular weight is 255 g/mol. The van der Waals surface area contributed by atoms with E-state index in [1.165, 1.54) is 0 Å². The molecule has 1 aliphatic rings. The van der Waals surface area contributed by atoms with Crippen LogP contribution in [-0.4, -0.2) is 57.9 Å². The highest BCUT2D eigenvalue weighted by molar-refractivity contribution is 7.80. The second kappa shape index (κ2) is 5.39. The van der Waals surface area contributed by atoms with Crippen molar-refractivity contribution in [3.8, 4) is 0 Å². The number of rotatable bonds is 3. The van der Waals surface area contributed by atoms with E-state index >= 15 is 0 Å². The van der Waals surface area contributed by atoms with Crippen LogP contribution in [0.4, 0.5) is 5.95 Å². The van der Waals surface area contributed by atoms with Crippen LogP contribution < -0.4 is 4.90 Å². The molecule has 1 aliphatic heterocycles. The summed E-state index contributed by atoms with van der Waals surface area (Å²) in [4.78, 5) is 19.9. The van der Waals surface area contributed by atoms with E-state index in [1.54, 1.807) is 0 Å². The van der Waals surface area contributed by atoms with E-state index in [2.05, 4.69) is 32.7 Å². The Kier molecular flexibility index (Phi) is 3.88. The van der Waals surface area contributed by atoms with Crippen LogP contribution in [0.2, 0.25) is 0 Å². The van der Waals surface area contributed by atoms with Gasteiger partial charge in [-0.15, -0.1) is 5.10 Å². The molecule has 2 heterocycles. The van der Waals surface area contributed by atoms with Gasteiger partial charge in [-0.3, -0.25) is 9.89 Å². The summed E-state index contributed by atoms with van der Waals surface area (Å²) < 4.78 is 0. The Hall–Kier alpha value is -1.24. The Morgan fingerprint density at radius 2 is 2.12 bits per heavy atom. The summed E-state index contributed by atoms with van der Waals surface area (Å²) >= 11 is 4.08. The maximum Gasteiger partial charge on any atom is 0.244 e. The molecule has 1 fully saturated rings. The molecule has 94 valence electrons. The first-order valence-corrected chi connectivity index (χ1v) is 6.36. The number of carbonyl (C=O) groups excluding carboxylic acids is 1. The third-order valence-corrected chi connectivity index (χ3v) is 3.05. The molecular weight excluding hydrogens is 238 g/mol. The number of H-pyrrole nitrogens is 1. The van der Waals surface area contributed by atoms with Gasteiger partial charge in [0.1, 0.15) is 5.82 Å². The minimum atomic E-state index is 0.186. The van der Waals surface area contributed by atoms with Gasteiger partial charge in [0.05, 0.1) is 0 Å². The monoisotopic (exact) mass is 255 g/mol. The predicted molar refractivity (Wildman–Crippen MR) is 68.4 cm³/mol. The van der Waals surface area contributed by atoms with Gasteiger partial charge in [-0.25, -0.2) is 0 Å². The zero-order valence-corrected chi connectivity index (χ0v) is 10.8. The van der Waals surface area contributed by atoms with Gasteiger partial charge in [0.2, 0.25) is 11.9 Å². The summed E-state index contributed by atoms with van der Waals surface area (Å²) in [7, 11) is 0. The highest BCUT2D eigenvalue weighted by atomic mass is 32.1. The molecule has 1 aromatic heterocycles. The Morgan fingerprint density at radius 3 is 2.65 bits per heavy atom. The van der Waals surface area contributed by atoms with Gasteiger partial charge >= 0.3 is 0 Å². The van der Waals surface area contributed by atoms with Crippen LogP contribution in [0, 0.1) is 6.92 Å². The van der Waals surface area contributed by atoms with Gasteiger partial charge < -0.3 is 9.80 Å². The van der Waals surface area contributed by atoms with Gasteiger partial charge in [0.15, 0.2) is 0 Å².